The molecule has 11 aromatic rings. The van der Waals surface area contributed by atoms with Crippen LogP contribution in [-0.4, -0.2) is 0 Å². The van der Waals surface area contributed by atoms with Crippen LogP contribution in [0.3, 0.4) is 0 Å². The Labute approximate surface area is 578 Å². The maximum Gasteiger partial charge on any atom is 0.0462 e. The largest absolute Gasteiger partial charge is 0.311 e. The topological polar surface area (TPSA) is 6.48 Å². The minimum atomic E-state index is 0.151. The first-order valence-electron chi connectivity index (χ1n) is 36.7. The van der Waals surface area contributed by atoms with E-state index >= 15 is 0 Å². The summed E-state index contributed by atoms with van der Waals surface area (Å²) in [4.78, 5) is 4.83. The van der Waals surface area contributed by atoms with E-state index in [-0.39, 0.29) is 10.8 Å². The van der Waals surface area contributed by atoms with Crippen LogP contribution < -0.4 is 9.80 Å². The molecule has 0 amide bonds. The van der Waals surface area contributed by atoms with Crippen molar-refractivity contribution in [3.8, 4) is 66.8 Å². The van der Waals surface area contributed by atoms with Gasteiger partial charge < -0.3 is 9.80 Å². The maximum atomic E-state index is 2.62. The molecule has 0 aromatic heterocycles. The molecule has 0 fully saturated rings. The highest BCUT2D eigenvalue weighted by Crippen LogP contribution is 2.44. The van der Waals surface area contributed by atoms with Crippen molar-refractivity contribution in [1.29, 1.82) is 0 Å². The van der Waals surface area contributed by atoms with E-state index in [4.69, 9.17) is 0 Å². The molecule has 0 saturated carbocycles. The monoisotopic (exact) mass is 1260 g/mol. The zero-order valence-corrected chi connectivity index (χ0v) is 59.5. The van der Waals surface area contributed by atoms with E-state index in [9.17, 15) is 0 Å². The van der Waals surface area contributed by atoms with Gasteiger partial charge in [-0.1, -0.05) is 290 Å². The summed E-state index contributed by atoms with van der Waals surface area (Å²) in [6, 6.07) is 96.9. The van der Waals surface area contributed by atoms with Crippen LogP contribution in [0.1, 0.15) is 180 Å². The third kappa shape index (κ3) is 15.5. The van der Waals surface area contributed by atoms with Crippen molar-refractivity contribution in [3.05, 3.63) is 288 Å². The van der Waals surface area contributed by atoms with Gasteiger partial charge in [0.05, 0.1) is 0 Å². The molecule has 0 spiro atoms. The van der Waals surface area contributed by atoms with Gasteiger partial charge in [0.1, 0.15) is 0 Å². The van der Waals surface area contributed by atoms with Crippen LogP contribution in [0.25, 0.3) is 66.8 Å². The molecule has 0 aliphatic carbocycles. The first-order valence-corrected chi connectivity index (χ1v) is 36.7. The predicted molar refractivity (Wildman–Crippen MR) is 419 cm³/mol. The van der Waals surface area contributed by atoms with Gasteiger partial charge in [-0.25, -0.2) is 0 Å². The normalized spacial score (nSPS) is 11.7. The summed E-state index contributed by atoms with van der Waals surface area (Å²) in [5.41, 5.74) is 31.1. The van der Waals surface area contributed by atoms with Gasteiger partial charge in [-0.2, -0.15) is 0 Å². The summed E-state index contributed by atoms with van der Waals surface area (Å²) in [6.45, 7) is 23.3. The average molecular weight is 1260 g/mol. The molecule has 0 aliphatic rings. The van der Waals surface area contributed by atoms with Gasteiger partial charge >= 0.3 is 0 Å². The number of hydrogen-bond donors (Lipinski definition) is 0. The highest BCUT2D eigenvalue weighted by Gasteiger charge is 2.26. The molecule has 0 aliphatic heterocycles. The van der Waals surface area contributed by atoms with Crippen LogP contribution in [0.4, 0.5) is 34.1 Å². The van der Waals surface area contributed by atoms with E-state index < -0.39 is 0 Å². The summed E-state index contributed by atoms with van der Waals surface area (Å²) in [6.07, 6.45) is 18.3. The number of nitrogens with zero attached hydrogens (tertiary/aromatic N) is 2. The fourth-order valence-electron chi connectivity index (χ4n) is 14.5. The minimum Gasteiger partial charge on any atom is -0.311 e. The van der Waals surface area contributed by atoms with Gasteiger partial charge in [-0.05, 0) is 248 Å². The summed E-state index contributed by atoms with van der Waals surface area (Å²) < 4.78 is 0. The Kier molecular flexibility index (Phi) is 22.9. The molecule has 0 saturated heterocycles. The summed E-state index contributed by atoms with van der Waals surface area (Å²) in [7, 11) is 0. The van der Waals surface area contributed by atoms with Crippen LogP contribution in [-0.2, 0) is 36.5 Å². The Balaban J connectivity index is 0.919. The van der Waals surface area contributed by atoms with Crippen molar-refractivity contribution in [2.75, 3.05) is 9.80 Å². The van der Waals surface area contributed by atoms with Gasteiger partial charge in [0.2, 0.25) is 0 Å². The van der Waals surface area contributed by atoms with Gasteiger partial charge in [-0.15, -0.1) is 0 Å². The lowest BCUT2D eigenvalue weighted by Gasteiger charge is -2.30. The molecule has 0 N–H and O–H groups in total. The van der Waals surface area contributed by atoms with Gasteiger partial charge in [-0.3, -0.25) is 0 Å². The number of benzene rings is 11. The highest BCUT2D eigenvalue weighted by atomic mass is 15.1. The molecule has 0 radical (unpaired) electrons. The molecule has 96 heavy (non-hydrogen) atoms. The van der Waals surface area contributed by atoms with Gasteiger partial charge in [0.15, 0.2) is 0 Å². The second kappa shape index (κ2) is 32.2. The zero-order valence-electron chi connectivity index (χ0n) is 59.5. The van der Waals surface area contributed by atoms with Gasteiger partial charge in [0, 0.05) is 34.1 Å². The number of anilines is 6. The predicted octanol–water partition coefficient (Wildman–Crippen LogP) is 28.2. The average Bonchev–Trinajstić information content (AvgIpc) is 0.790. The van der Waals surface area contributed by atoms with Crippen LogP contribution in [0.5, 0.6) is 0 Å². The SMILES string of the molecule is CCCCCCc1cc(-c2ccc(-c3ccc(N(c4ccc(-c5ccccc5)cc4)c4ccc(C(C)(CC)CC)cc4)cc3)c(CC)c2)c(CCCCCC)cc1-c1ccc(-c2ccc(N(c3ccc(-c4ccccc4)cc3)c3ccc(C(C)(CC)CC)cc3)cc2)c(CC)c1. The lowest BCUT2D eigenvalue weighted by atomic mass is 9.78. The van der Waals surface area contributed by atoms with Crippen molar-refractivity contribution in [3.63, 3.8) is 0 Å². The minimum absolute atomic E-state index is 0.151. The van der Waals surface area contributed by atoms with E-state index in [1.165, 1.54) is 152 Å². The number of rotatable bonds is 30. The van der Waals surface area contributed by atoms with E-state index in [2.05, 4.69) is 334 Å². The van der Waals surface area contributed by atoms with Crippen LogP contribution in [0.2, 0.25) is 0 Å². The molecular formula is C94H104N2. The molecule has 2 nitrogen and oxygen atoms in total. The zero-order chi connectivity index (χ0) is 67.0. The van der Waals surface area contributed by atoms with Crippen molar-refractivity contribution >= 4 is 34.1 Å². The van der Waals surface area contributed by atoms with Crippen molar-refractivity contribution in [1.82, 2.24) is 0 Å². The second-order valence-corrected chi connectivity index (χ2v) is 27.5. The van der Waals surface area contributed by atoms with Crippen LogP contribution in [0, 0.1) is 0 Å². The molecule has 0 bridgehead atoms. The number of aryl methyl sites for hydroxylation is 4. The smallest absolute Gasteiger partial charge is 0.0462 e. The molecule has 2 heteroatoms. The lowest BCUT2D eigenvalue weighted by molar-refractivity contribution is 0.439. The second-order valence-electron chi connectivity index (χ2n) is 27.5. The third-order valence-corrected chi connectivity index (χ3v) is 21.6. The van der Waals surface area contributed by atoms with E-state index in [0.717, 1.165) is 85.5 Å². The Morgan fingerprint density at radius 3 is 0.812 bits per heavy atom. The Hall–Kier alpha value is -8.98. The molecule has 490 valence electrons. The summed E-state index contributed by atoms with van der Waals surface area (Å²) >= 11 is 0. The third-order valence-electron chi connectivity index (χ3n) is 21.6. The number of hydrogen-bond acceptors (Lipinski definition) is 2. The first-order chi connectivity index (χ1) is 46.9. The molecular weight excluding hydrogens is 1160 g/mol. The molecule has 0 unspecified atom stereocenters. The van der Waals surface area contributed by atoms with Crippen molar-refractivity contribution in [2.45, 2.75) is 183 Å². The molecule has 11 rings (SSSR count). The maximum absolute atomic E-state index is 2.62. The standard InChI is InChI=1S/C94H104N2/c1-11-19-21-25-35-77-67-92(80-46-64-90(70(14-4)66-80)76-43-57-86(58-44-76)96(88-61-49-82(50-62-88)94(10,17-7)18-8)84-53-39-74(40-54-84)72-33-29-24-30-34-72)78(36-26-22-20-12-2)68-91(77)79-45-63-89(69(13-3)65-79)75-41-55-85(56-42-75)95(87-59-47-81(48-60-87)93(9,15-5)16-6)83-51-37-73(38-52-83)71-31-27-23-28-32-71/h23-24,27-34,37-68H,11-22,25-26,35-36H2,1-10H3. The van der Waals surface area contributed by atoms with Crippen molar-refractivity contribution in [2.24, 2.45) is 0 Å². The summed E-state index contributed by atoms with van der Waals surface area (Å²) in [5.74, 6) is 0. The molecule has 11 aromatic carbocycles. The lowest BCUT2D eigenvalue weighted by Crippen LogP contribution is -2.19. The van der Waals surface area contributed by atoms with Crippen LogP contribution >= 0.6 is 0 Å². The Morgan fingerprint density at radius 1 is 0.240 bits per heavy atom. The number of unbranched alkanes of at least 4 members (excludes halogenated alkanes) is 6. The first kappa shape index (κ1) is 68.4. The highest BCUT2D eigenvalue weighted by molar-refractivity contribution is 5.85. The van der Waals surface area contributed by atoms with E-state index in [1.807, 2.05) is 0 Å². The Morgan fingerprint density at radius 2 is 0.521 bits per heavy atom. The van der Waals surface area contributed by atoms with Crippen molar-refractivity contribution < 1.29 is 0 Å². The molecule has 0 heterocycles. The van der Waals surface area contributed by atoms with Gasteiger partial charge in [0.25, 0.3) is 0 Å². The van der Waals surface area contributed by atoms with Crippen LogP contribution in [0.15, 0.2) is 255 Å². The van der Waals surface area contributed by atoms with E-state index in [0.29, 0.717) is 0 Å². The quantitative estimate of drug-likeness (QED) is 0.0414. The summed E-state index contributed by atoms with van der Waals surface area (Å²) in [5, 5.41) is 0. The van der Waals surface area contributed by atoms with E-state index in [1.54, 1.807) is 0 Å². The fraction of sp³-hybridized carbons (Fsp3) is 0.298. The molecule has 0 atom stereocenters. The fourth-order valence-corrected chi connectivity index (χ4v) is 14.5. The Bertz CT molecular complexity index is 3950.